The summed E-state index contributed by atoms with van der Waals surface area (Å²) in [5.74, 6) is 1.50. The van der Waals surface area contributed by atoms with Crippen LogP contribution in [-0.2, 0) is 0 Å². The molecule has 1 amide bonds. The summed E-state index contributed by atoms with van der Waals surface area (Å²) < 4.78 is 0. The van der Waals surface area contributed by atoms with Crippen molar-refractivity contribution in [2.24, 2.45) is 11.8 Å². The smallest absolute Gasteiger partial charge is 0.272 e. The Morgan fingerprint density at radius 3 is 2.33 bits per heavy atom. The number of amides is 1. The third-order valence-electron chi connectivity index (χ3n) is 4.25. The molecule has 2 aliphatic rings. The van der Waals surface area contributed by atoms with Crippen LogP contribution in [0.4, 0.5) is 0 Å². The second-order valence-corrected chi connectivity index (χ2v) is 5.85. The molecule has 1 aromatic heterocycles. The van der Waals surface area contributed by atoms with Gasteiger partial charge >= 0.3 is 0 Å². The molecule has 4 nitrogen and oxygen atoms in total. The van der Waals surface area contributed by atoms with Crippen LogP contribution in [0.3, 0.4) is 0 Å². The van der Waals surface area contributed by atoms with Crippen molar-refractivity contribution in [1.29, 1.82) is 0 Å². The summed E-state index contributed by atoms with van der Waals surface area (Å²) in [5, 5.41) is 4.01. The first-order valence-electron chi connectivity index (χ1n) is 6.85. The van der Waals surface area contributed by atoms with E-state index in [9.17, 15) is 4.79 Å². The van der Waals surface area contributed by atoms with Crippen LogP contribution in [0.2, 0.25) is 5.02 Å². The number of hydrogen-bond acceptors (Lipinski definition) is 3. The molecule has 0 bridgehead atoms. The fourth-order valence-corrected chi connectivity index (χ4v) is 3.20. The predicted octanol–water partition coefficient (Wildman–Crippen LogP) is 2.65. The Hall–Kier alpha value is -0.550. The van der Waals surface area contributed by atoms with E-state index in [4.69, 9.17) is 11.6 Å². The average molecular weight is 353 g/mol. The van der Waals surface area contributed by atoms with Gasteiger partial charge in [0.1, 0.15) is 5.69 Å². The van der Waals surface area contributed by atoms with Crippen LogP contribution in [0.1, 0.15) is 23.3 Å². The van der Waals surface area contributed by atoms with Crippen LogP contribution >= 0.6 is 36.4 Å². The van der Waals surface area contributed by atoms with Gasteiger partial charge in [-0.15, -0.1) is 24.8 Å². The normalized spacial score (nSPS) is 24.3. The molecular weight excluding hydrogens is 333 g/mol. The third-order valence-corrected chi connectivity index (χ3v) is 4.48. The average Bonchev–Trinajstić information content (AvgIpc) is 2.78. The topological polar surface area (TPSA) is 45.2 Å². The number of rotatable bonds is 1. The maximum Gasteiger partial charge on any atom is 0.272 e. The number of hydrogen-bond donors (Lipinski definition) is 1. The number of carbonyl (C=O) groups excluding carboxylic acids is 1. The number of nitrogens with zero attached hydrogens (tertiary/aromatic N) is 2. The molecule has 0 unspecified atom stereocenters. The molecule has 1 aromatic rings. The van der Waals surface area contributed by atoms with Gasteiger partial charge in [0.15, 0.2) is 0 Å². The van der Waals surface area contributed by atoms with Crippen LogP contribution in [0, 0.1) is 11.8 Å². The lowest BCUT2D eigenvalue weighted by molar-refractivity contribution is 0.0752. The predicted molar refractivity (Wildman–Crippen MR) is 88.7 cm³/mol. The number of halogens is 3. The molecule has 0 saturated carbocycles. The fraction of sp³-hybridized carbons (Fsp3) is 0.571. The highest BCUT2D eigenvalue weighted by Crippen LogP contribution is 2.27. The minimum atomic E-state index is 0. The van der Waals surface area contributed by atoms with Gasteiger partial charge in [0.2, 0.25) is 0 Å². The van der Waals surface area contributed by atoms with Crippen molar-refractivity contribution in [2.45, 2.75) is 12.8 Å². The number of nitrogens with one attached hydrogen (secondary N) is 1. The van der Waals surface area contributed by atoms with Crippen LogP contribution < -0.4 is 5.32 Å². The van der Waals surface area contributed by atoms with Crippen LogP contribution in [0.25, 0.3) is 0 Å². The molecular formula is C14H20Cl3N3O. The van der Waals surface area contributed by atoms with E-state index < -0.39 is 0 Å². The molecule has 1 N–H and O–H groups in total. The summed E-state index contributed by atoms with van der Waals surface area (Å²) in [5.41, 5.74) is 0.495. The van der Waals surface area contributed by atoms with Crippen molar-refractivity contribution < 1.29 is 4.79 Å². The fourth-order valence-electron chi connectivity index (χ4n) is 3.09. The Balaban J connectivity index is 0.00000110. The van der Waals surface area contributed by atoms with E-state index in [0.717, 1.165) is 50.9 Å². The van der Waals surface area contributed by atoms with Gasteiger partial charge < -0.3 is 10.2 Å². The largest absolute Gasteiger partial charge is 0.337 e. The van der Waals surface area contributed by atoms with Gasteiger partial charge in [-0.05, 0) is 49.9 Å². The molecule has 3 rings (SSSR count). The standard InChI is InChI=1S/C14H18ClN3O.2ClH/c15-12-1-2-13(17-9-12)14(19)18-5-3-10-7-16-8-11(10)4-6-18;;/h1-2,9-11,16H,3-8H2;2*1H/t10-,11+;;. The van der Waals surface area contributed by atoms with E-state index in [1.165, 1.54) is 6.20 Å². The summed E-state index contributed by atoms with van der Waals surface area (Å²) in [6.07, 6.45) is 3.72. The Morgan fingerprint density at radius 1 is 1.19 bits per heavy atom. The van der Waals surface area contributed by atoms with Gasteiger partial charge in [-0.3, -0.25) is 4.79 Å². The van der Waals surface area contributed by atoms with Gasteiger partial charge in [0.05, 0.1) is 5.02 Å². The third kappa shape index (κ3) is 4.22. The highest BCUT2D eigenvalue weighted by molar-refractivity contribution is 6.30. The summed E-state index contributed by atoms with van der Waals surface area (Å²) >= 11 is 5.80. The van der Waals surface area contributed by atoms with Crippen molar-refractivity contribution in [3.63, 3.8) is 0 Å². The zero-order valence-corrected chi connectivity index (χ0v) is 14.0. The van der Waals surface area contributed by atoms with Gasteiger partial charge in [0.25, 0.3) is 5.91 Å². The Labute approximate surface area is 142 Å². The van der Waals surface area contributed by atoms with Crippen LogP contribution in [-0.4, -0.2) is 42.0 Å². The molecule has 0 spiro atoms. The molecule has 0 radical (unpaired) electrons. The highest BCUT2D eigenvalue weighted by atomic mass is 35.5. The zero-order chi connectivity index (χ0) is 13.2. The highest BCUT2D eigenvalue weighted by Gasteiger charge is 2.31. The van der Waals surface area contributed by atoms with E-state index in [2.05, 4.69) is 10.3 Å². The quantitative estimate of drug-likeness (QED) is 0.845. The van der Waals surface area contributed by atoms with Crippen molar-refractivity contribution in [3.8, 4) is 0 Å². The first kappa shape index (κ1) is 18.5. The number of aromatic nitrogens is 1. The summed E-state index contributed by atoms with van der Waals surface area (Å²) in [7, 11) is 0. The second-order valence-electron chi connectivity index (χ2n) is 5.41. The van der Waals surface area contributed by atoms with Gasteiger partial charge in [-0.25, -0.2) is 4.98 Å². The first-order chi connectivity index (χ1) is 9.24. The van der Waals surface area contributed by atoms with E-state index in [0.29, 0.717) is 10.7 Å². The minimum Gasteiger partial charge on any atom is -0.337 e. The maximum absolute atomic E-state index is 12.4. The Bertz CT molecular complexity index is 455. The van der Waals surface area contributed by atoms with E-state index >= 15 is 0 Å². The van der Waals surface area contributed by atoms with E-state index in [1.807, 2.05) is 4.90 Å². The number of pyridine rings is 1. The molecule has 2 aliphatic heterocycles. The summed E-state index contributed by atoms with van der Waals surface area (Å²) in [4.78, 5) is 18.4. The Morgan fingerprint density at radius 2 is 1.81 bits per heavy atom. The molecule has 7 heteroatoms. The van der Waals surface area contributed by atoms with Gasteiger partial charge in [-0.2, -0.15) is 0 Å². The van der Waals surface area contributed by atoms with Crippen LogP contribution in [0.15, 0.2) is 18.3 Å². The van der Waals surface area contributed by atoms with Crippen LogP contribution in [0.5, 0.6) is 0 Å². The maximum atomic E-state index is 12.4. The van der Waals surface area contributed by atoms with Gasteiger partial charge in [0, 0.05) is 19.3 Å². The molecule has 2 saturated heterocycles. The Kier molecular flexibility index (Phi) is 7.21. The number of likely N-dealkylation sites (tertiary alicyclic amines) is 1. The van der Waals surface area contributed by atoms with Gasteiger partial charge in [-0.1, -0.05) is 11.6 Å². The lowest BCUT2D eigenvalue weighted by Gasteiger charge is -2.20. The molecule has 2 fully saturated rings. The van der Waals surface area contributed by atoms with Crippen molar-refractivity contribution in [2.75, 3.05) is 26.2 Å². The number of carbonyl (C=O) groups is 1. The SMILES string of the molecule is Cl.Cl.O=C(c1ccc(Cl)cn1)N1CC[C@@H]2CNC[C@@H]2CC1. The zero-order valence-electron chi connectivity index (χ0n) is 11.6. The molecule has 118 valence electrons. The lowest BCUT2D eigenvalue weighted by Crippen LogP contribution is -2.33. The van der Waals surface area contributed by atoms with E-state index in [-0.39, 0.29) is 30.7 Å². The number of fused-ring (bicyclic) bond motifs is 1. The molecule has 0 aromatic carbocycles. The van der Waals surface area contributed by atoms with E-state index in [1.54, 1.807) is 12.1 Å². The van der Waals surface area contributed by atoms with Crippen molar-refractivity contribution in [3.05, 3.63) is 29.0 Å². The summed E-state index contributed by atoms with van der Waals surface area (Å²) in [6.45, 7) is 3.88. The van der Waals surface area contributed by atoms with Crippen molar-refractivity contribution >= 4 is 42.3 Å². The minimum absolute atomic E-state index is 0. The monoisotopic (exact) mass is 351 g/mol. The summed E-state index contributed by atoms with van der Waals surface area (Å²) in [6, 6.07) is 3.43. The molecule has 3 heterocycles. The molecule has 2 atom stereocenters. The molecule has 0 aliphatic carbocycles. The lowest BCUT2D eigenvalue weighted by atomic mass is 9.92. The van der Waals surface area contributed by atoms with Crippen molar-refractivity contribution in [1.82, 2.24) is 15.2 Å². The second kappa shape index (κ2) is 8.18. The molecule has 21 heavy (non-hydrogen) atoms. The first-order valence-corrected chi connectivity index (χ1v) is 7.23.